The van der Waals surface area contributed by atoms with Gasteiger partial charge < -0.3 is 9.51 Å². The number of aromatic nitrogens is 1. The van der Waals surface area contributed by atoms with Crippen molar-refractivity contribution >= 4 is 21.4 Å². The standard InChI is InChI=1S/C14H16BrNO/c1-10-12(15)11-5-2-3-8-16(11)13(10)14(9-17)6-4-7-14/h2-3,5,8,17H,4,6-7,9H2,1H3. The molecule has 0 spiro atoms. The lowest BCUT2D eigenvalue weighted by atomic mass is 9.66. The Balaban J connectivity index is 2.32. The zero-order valence-corrected chi connectivity index (χ0v) is 11.5. The van der Waals surface area contributed by atoms with Crippen LogP contribution in [0.3, 0.4) is 0 Å². The molecule has 3 rings (SSSR count). The second-order valence-corrected chi connectivity index (χ2v) is 5.83. The molecular formula is C14H16BrNO. The quantitative estimate of drug-likeness (QED) is 0.901. The van der Waals surface area contributed by atoms with Crippen molar-refractivity contribution in [1.29, 1.82) is 0 Å². The highest BCUT2D eigenvalue weighted by atomic mass is 79.9. The van der Waals surface area contributed by atoms with E-state index >= 15 is 0 Å². The summed E-state index contributed by atoms with van der Waals surface area (Å²) in [6, 6.07) is 6.21. The van der Waals surface area contributed by atoms with E-state index in [4.69, 9.17) is 0 Å². The number of pyridine rings is 1. The molecule has 0 saturated heterocycles. The molecule has 1 aliphatic carbocycles. The van der Waals surface area contributed by atoms with Crippen molar-refractivity contribution in [3.8, 4) is 0 Å². The molecule has 1 N–H and O–H groups in total. The molecule has 1 saturated carbocycles. The second kappa shape index (κ2) is 3.85. The third-order valence-corrected chi connectivity index (χ3v) is 5.13. The van der Waals surface area contributed by atoms with Crippen LogP contribution >= 0.6 is 15.9 Å². The smallest absolute Gasteiger partial charge is 0.0598 e. The van der Waals surface area contributed by atoms with Crippen LogP contribution in [0.25, 0.3) is 5.52 Å². The number of fused-ring (bicyclic) bond motifs is 1. The Hall–Kier alpha value is -0.800. The predicted molar refractivity (Wildman–Crippen MR) is 72.4 cm³/mol. The Labute approximate surface area is 109 Å². The Kier molecular flexibility index (Phi) is 2.56. The van der Waals surface area contributed by atoms with Crippen molar-refractivity contribution in [1.82, 2.24) is 4.40 Å². The predicted octanol–water partition coefficient (Wildman–Crippen LogP) is 3.42. The normalized spacial score (nSPS) is 18.3. The van der Waals surface area contributed by atoms with Gasteiger partial charge in [0.2, 0.25) is 0 Å². The number of rotatable bonds is 2. The van der Waals surface area contributed by atoms with Crippen molar-refractivity contribution in [3.63, 3.8) is 0 Å². The SMILES string of the molecule is Cc1c(Br)c2ccccn2c1C1(CO)CCC1. The summed E-state index contributed by atoms with van der Waals surface area (Å²) in [6.07, 6.45) is 5.51. The van der Waals surface area contributed by atoms with Gasteiger partial charge in [-0.05, 0) is 53.4 Å². The van der Waals surface area contributed by atoms with Gasteiger partial charge in [-0.15, -0.1) is 0 Å². The molecule has 2 nitrogen and oxygen atoms in total. The van der Waals surface area contributed by atoms with Gasteiger partial charge in [-0.25, -0.2) is 0 Å². The number of aliphatic hydroxyl groups excluding tert-OH is 1. The molecule has 0 amide bonds. The summed E-state index contributed by atoms with van der Waals surface area (Å²) in [7, 11) is 0. The lowest BCUT2D eigenvalue weighted by molar-refractivity contribution is 0.115. The molecule has 3 heteroatoms. The fraction of sp³-hybridized carbons (Fsp3) is 0.429. The molecule has 90 valence electrons. The summed E-state index contributed by atoms with van der Waals surface area (Å²) in [5, 5.41) is 9.75. The molecule has 2 heterocycles. The Morgan fingerprint density at radius 2 is 2.18 bits per heavy atom. The van der Waals surface area contributed by atoms with E-state index in [0.717, 1.165) is 17.3 Å². The average molecular weight is 294 g/mol. The molecule has 1 aliphatic rings. The van der Waals surface area contributed by atoms with Crippen LogP contribution in [0.2, 0.25) is 0 Å². The maximum absolute atomic E-state index is 9.75. The first-order valence-electron chi connectivity index (χ1n) is 6.06. The van der Waals surface area contributed by atoms with Gasteiger partial charge in [-0.1, -0.05) is 12.5 Å². The van der Waals surface area contributed by atoms with Gasteiger partial charge in [0.05, 0.1) is 12.1 Å². The zero-order chi connectivity index (χ0) is 12.0. The fourth-order valence-electron chi connectivity index (χ4n) is 3.02. The van der Waals surface area contributed by atoms with Gasteiger partial charge in [0.1, 0.15) is 0 Å². The minimum Gasteiger partial charge on any atom is -0.395 e. The molecule has 0 bridgehead atoms. The van der Waals surface area contributed by atoms with Crippen LogP contribution in [0.5, 0.6) is 0 Å². The first-order valence-corrected chi connectivity index (χ1v) is 6.85. The van der Waals surface area contributed by atoms with Crippen molar-refractivity contribution in [2.45, 2.75) is 31.6 Å². The Morgan fingerprint density at radius 1 is 1.41 bits per heavy atom. The topological polar surface area (TPSA) is 24.6 Å². The van der Waals surface area contributed by atoms with Crippen LogP contribution in [0.15, 0.2) is 28.9 Å². The van der Waals surface area contributed by atoms with E-state index in [1.807, 2.05) is 6.07 Å². The van der Waals surface area contributed by atoms with E-state index in [1.54, 1.807) is 0 Å². The van der Waals surface area contributed by atoms with Crippen molar-refractivity contribution < 1.29 is 5.11 Å². The number of halogens is 1. The van der Waals surface area contributed by atoms with E-state index in [-0.39, 0.29) is 12.0 Å². The number of aliphatic hydroxyl groups is 1. The summed E-state index contributed by atoms with van der Waals surface area (Å²) in [6.45, 7) is 2.39. The number of nitrogens with zero attached hydrogens (tertiary/aromatic N) is 1. The third-order valence-electron chi connectivity index (χ3n) is 4.13. The van der Waals surface area contributed by atoms with E-state index in [0.29, 0.717) is 0 Å². The van der Waals surface area contributed by atoms with Crippen molar-refractivity contribution in [2.75, 3.05) is 6.61 Å². The largest absolute Gasteiger partial charge is 0.395 e. The van der Waals surface area contributed by atoms with Crippen molar-refractivity contribution in [2.24, 2.45) is 0 Å². The minimum atomic E-state index is -0.0135. The summed E-state index contributed by atoms with van der Waals surface area (Å²) in [5.74, 6) is 0. The zero-order valence-electron chi connectivity index (χ0n) is 9.91. The van der Waals surface area contributed by atoms with E-state index in [1.165, 1.54) is 23.2 Å². The van der Waals surface area contributed by atoms with E-state index in [2.05, 4.69) is 45.6 Å². The maximum Gasteiger partial charge on any atom is 0.0598 e. The van der Waals surface area contributed by atoms with E-state index < -0.39 is 0 Å². The molecule has 0 aliphatic heterocycles. The summed E-state index contributed by atoms with van der Waals surface area (Å²) in [5.41, 5.74) is 3.74. The molecule has 17 heavy (non-hydrogen) atoms. The van der Waals surface area contributed by atoms with Gasteiger partial charge in [0, 0.05) is 21.8 Å². The first kappa shape index (κ1) is 11.3. The van der Waals surface area contributed by atoms with Crippen LogP contribution in [0.4, 0.5) is 0 Å². The monoisotopic (exact) mass is 293 g/mol. The highest BCUT2D eigenvalue weighted by molar-refractivity contribution is 9.10. The van der Waals surface area contributed by atoms with Crippen LogP contribution in [-0.4, -0.2) is 16.1 Å². The van der Waals surface area contributed by atoms with Crippen molar-refractivity contribution in [3.05, 3.63) is 40.1 Å². The lowest BCUT2D eigenvalue weighted by Gasteiger charge is -2.41. The maximum atomic E-state index is 9.75. The molecule has 0 unspecified atom stereocenters. The summed E-state index contributed by atoms with van der Waals surface area (Å²) >= 11 is 3.67. The van der Waals surface area contributed by atoms with Crippen LogP contribution in [0, 0.1) is 6.92 Å². The second-order valence-electron chi connectivity index (χ2n) is 5.04. The molecule has 2 aromatic rings. The number of hydrogen-bond acceptors (Lipinski definition) is 1. The summed E-state index contributed by atoms with van der Waals surface area (Å²) in [4.78, 5) is 0. The van der Waals surface area contributed by atoms with Crippen LogP contribution < -0.4 is 0 Å². The number of hydrogen-bond donors (Lipinski definition) is 1. The highest BCUT2D eigenvalue weighted by Crippen LogP contribution is 2.47. The Morgan fingerprint density at radius 3 is 2.76 bits per heavy atom. The van der Waals surface area contributed by atoms with Gasteiger partial charge >= 0.3 is 0 Å². The van der Waals surface area contributed by atoms with Gasteiger partial charge in [0.15, 0.2) is 0 Å². The molecule has 2 aromatic heterocycles. The van der Waals surface area contributed by atoms with Gasteiger partial charge in [-0.2, -0.15) is 0 Å². The Bertz CT molecular complexity index is 563. The summed E-state index contributed by atoms with van der Waals surface area (Å²) < 4.78 is 3.39. The van der Waals surface area contributed by atoms with Gasteiger partial charge in [-0.3, -0.25) is 0 Å². The molecule has 1 fully saturated rings. The fourth-order valence-corrected chi connectivity index (χ4v) is 3.53. The van der Waals surface area contributed by atoms with E-state index in [9.17, 15) is 5.11 Å². The van der Waals surface area contributed by atoms with Gasteiger partial charge in [0.25, 0.3) is 0 Å². The molecule has 0 radical (unpaired) electrons. The highest BCUT2D eigenvalue weighted by Gasteiger charge is 2.41. The van der Waals surface area contributed by atoms with Crippen LogP contribution in [-0.2, 0) is 5.41 Å². The first-order chi connectivity index (χ1) is 8.19. The minimum absolute atomic E-state index is 0.0135. The molecular weight excluding hydrogens is 278 g/mol. The molecule has 0 aromatic carbocycles. The lowest BCUT2D eigenvalue weighted by Crippen LogP contribution is -2.39. The molecule has 0 atom stereocenters. The average Bonchev–Trinajstić information content (AvgIpc) is 2.55. The third kappa shape index (κ3) is 1.42. The van der Waals surface area contributed by atoms with Crippen LogP contribution in [0.1, 0.15) is 30.5 Å².